The number of pyridine rings is 1. The van der Waals surface area contributed by atoms with Gasteiger partial charge >= 0.3 is 5.97 Å². The Kier molecular flexibility index (Phi) is 4.02. The van der Waals surface area contributed by atoms with E-state index in [9.17, 15) is 18.3 Å². The topological polar surface area (TPSA) is 90.8 Å². The minimum absolute atomic E-state index is 0.0491. The molecule has 7 nitrogen and oxygen atoms in total. The van der Waals surface area contributed by atoms with Gasteiger partial charge in [-0.05, 0) is 12.1 Å². The molecule has 0 saturated carbocycles. The van der Waals surface area contributed by atoms with E-state index in [2.05, 4.69) is 9.88 Å². The molecule has 0 bridgehead atoms. The van der Waals surface area contributed by atoms with Gasteiger partial charge < -0.3 is 5.11 Å². The first-order valence-electron chi connectivity index (χ1n) is 8.53. The number of aliphatic carboxylic acids is 1. The molecule has 0 radical (unpaired) electrons. The summed E-state index contributed by atoms with van der Waals surface area (Å²) in [7, 11) is -3.38. The zero-order valence-electron chi connectivity index (χ0n) is 14.5. The molecule has 2 saturated heterocycles. The van der Waals surface area contributed by atoms with Crippen LogP contribution in [0.15, 0.2) is 36.4 Å². The molecule has 2 aromatic rings. The number of carboxylic acids is 1. The van der Waals surface area contributed by atoms with E-state index < -0.39 is 21.4 Å². The van der Waals surface area contributed by atoms with Crippen LogP contribution in [0.2, 0.25) is 0 Å². The third-order valence-electron chi connectivity index (χ3n) is 5.58. The Morgan fingerprint density at radius 1 is 1.23 bits per heavy atom. The van der Waals surface area contributed by atoms with Crippen LogP contribution in [0, 0.1) is 11.3 Å². The largest absolute Gasteiger partial charge is 0.481 e. The lowest BCUT2D eigenvalue weighted by atomic mass is 9.81. The highest BCUT2D eigenvalue weighted by atomic mass is 32.2. The van der Waals surface area contributed by atoms with Gasteiger partial charge in [-0.2, -0.15) is 0 Å². The molecule has 1 aromatic carbocycles. The predicted octanol–water partition coefficient (Wildman–Crippen LogP) is 1.01. The number of sulfonamides is 1. The van der Waals surface area contributed by atoms with E-state index in [0.717, 1.165) is 22.9 Å². The van der Waals surface area contributed by atoms with Crippen LogP contribution in [0.4, 0.5) is 0 Å². The maximum Gasteiger partial charge on any atom is 0.312 e. The molecular formula is C18H21N3O4S. The van der Waals surface area contributed by atoms with Gasteiger partial charge in [0.25, 0.3) is 0 Å². The van der Waals surface area contributed by atoms with E-state index >= 15 is 0 Å². The average molecular weight is 375 g/mol. The number of carbonyl (C=O) groups is 1. The van der Waals surface area contributed by atoms with E-state index in [1.807, 2.05) is 36.4 Å². The summed E-state index contributed by atoms with van der Waals surface area (Å²) >= 11 is 0. The molecule has 2 fully saturated rings. The molecule has 1 N–H and O–H groups in total. The molecule has 0 aliphatic carbocycles. The monoisotopic (exact) mass is 375 g/mol. The highest BCUT2D eigenvalue weighted by molar-refractivity contribution is 7.88. The number of carboxylic acid groups (broad SMARTS) is 1. The van der Waals surface area contributed by atoms with Crippen molar-refractivity contribution in [2.75, 3.05) is 32.4 Å². The maximum atomic E-state index is 12.0. The van der Waals surface area contributed by atoms with E-state index in [1.165, 1.54) is 4.31 Å². The Morgan fingerprint density at radius 3 is 2.69 bits per heavy atom. The molecule has 0 spiro atoms. The highest BCUT2D eigenvalue weighted by Gasteiger charge is 2.59. The van der Waals surface area contributed by atoms with Crippen LogP contribution < -0.4 is 0 Å². The normalized spacial score (nSPS) is 27.0. The van der Waals surface area contributed by atoms with Crippen molar-refractivity contribution in [3.05, 3.63) is 42.1 Å². The quantitative estimate of drug-likeness (QED) is 0.858. The van der Waals surface area contributed by atoms with Crippen molar-refractivity contribution in [3.63, 3.8) is 0 Å². The molecule has 4 rings (SSSR count). The van der Waals surface area contributed by atoms with Gasteiger partial charge in [0.05, 0.1) is 22.9 Å². The highest BCUT2D eigenvalue weighted by Crippen LogP contribution is 2.44. The Balaban J connectivity index is 1.55. The van der Waals surface area contributed by atoms with E-state index in [1.54, 1.807) is 0 Å². The van der Waals surface area contributed by atoms with Crippen molar-refractivity contribution in [3.8, 4) is 0 Å². The molecular weight excluding hydrogens is 354 g/mol. The third kappa shape index (κ3) is 2.87. The van der Waals surface area contributed by atoms with Gasteiger partial charge in [0.1, 0.15) is 0 Å². The molecule has 3 heterocycles. The summed E-state index contributed by atoms with van der Waals surface area (Å²) in [5, 5.41) is 10.9. The third-order valence-corrected chi connectivity index (χ3v) is 6.80. The number of para-hydroxylation sites is 1. The second-order valence-electron chi connectivity index (χ2n) is 7.38. The maximum absolute atomic E-state index is 12.0. The summed E-state index contributed by atoms with van der Waals surface area (Å²) in [5.41, 5.74) is 0.782. The van der Waals surface area contributed by atoms with Crippen LogP contribution in [-0.2, 0) is 21.4 Å². The molecule has 0 unspecified atom stereocenters. The smallest absolute Gasteiger partial charge is 0.312 e. The molecule has 138 valence electrons. The zero-order chi connectivity index (χ0) is 18.5. The van der Waals surface area contributed by atoms with Gasteiger partial charge in [-0.3, -0.25) is 14.7 Å². The molecule has 1 aromatic heterocycles. The van der Waals surface area contributed by atoms with Crippen molar-refractivity contribution >= 4 is 26.9 Å². The SMILES string of the molecule is CS(=O)(=O)N1C[C@H]2CN(Cc3ccc4ccccc4n3)C[C@@]2(C(=O)O)C1. The average Bonchev–Trinajstić information content (AvgIpc) is 3.09. The van der Waals surface area contributed by atoms with Gasteiger partial charge in [0.2, 0.25) is 10.0 Å². The van der Waals surface area contributed by atoms with Crippen molar-refractivity contribution in [1.29, 1.82) is 0 Å². The number of nitrogens with zero attached hydrogens (tertiary/aromatic N) is 3. The first-order valence-corrected chi connectivity index (χ1v) is 10.4. The van der Waals surface area contributed by atoms with Gasteiger partial charge in [-0.25, -0.2) is 12.7 Å². The van der Waals surface area contributed by atoms with Crippen molar-refractivity contribution in [2.24, 2.45) is 11.3 Å². The van der Waals surface area contributed by atoms with Crippen LogP contribution in [0.25, 0.3) is 10.9 Å². The molecule has 0 amide bonds. The Bertz CT molecular complexity index is 977. The van der Waals surface area contributed by atoms with Gasteiger partial charge in [-0.1, -0.05) is 24.3 Å². The number of aromatic nitrogens is 1. The van der Waals surface area contributed by atoms with Crippen LogP contribution >= 0.6 is 0 Å². The molecule has 2 atom stereocenters. The van der Waals surface area contributed by atoms with Crippen LogP contribution in [0.1, 0.15) is 5.69 Å². The summed E-state index contributed by atoms with van der Waals surface area (Å²) in [6.45, 7) is 1.79. The number of fused-ring (bicyclic) bond motifs is 2. The summed E-state index contributed by atoms with van der Waals surface area (Å²) in [4.78, 5) is 18.7. The van der Waals surface area contributed by atoms with E-state index in [-0.39, 0.29) is 19.0 Å². The fraction of sp³-hybridized carbons (Fsp3) is 0.444. The zero-order valence-corrected chi connectivity index (χ0v) is 15.3. The van der Waals surface area contributed by atoms with Crippen molar-refractivity contribution in [1.82, 2.24) is 14.2 Å². The van der Waals surface area contributed by atoms with Crippen LogP contribution in [-0.4, -0.2) is 66.1 Å². The first kappa shape index (κ1) is 17.4. The number of rotatable bonds is 4. The predicted molar refractivity (Wildman–Crippen MR) is 97.0 cm³/mol. The lowest BCUT2D eigenvalue weighted by molar-refractivity contribution is -0.148. The summed E-state index contributed by atoms with van der Waals surface area (Å²) in [5.74, 6) is -1.11. The fourth-order valence-electron chi connectivity index (χ4n) is 4.22. The Morgan fingerprint density at radius 2 is 2.00 bits per heavy atom. The number of hydrogen-bond acceptors (Lipinski definition) is 5. The number of hydrogen-bond donors (Lipinski definition) is 1. The summed E-state index contributed by atoms with van der Waals surface area (Å²) in [6.07, 6.45) is 1.14. The summed E-state index contributed by atoms with van der Waals surface area (Å²) in [6, 6.07) is 11.9. The number of likely N-dealkylation sites (tertiary alicyclic amines) is 1. The minimum atomic E-state index is -3.38. The first-order chi connectivity index (χ1) is 12.3. The van der Waals surface area contributed by atoms with Gasteiger partial charge in [0.15, 0.2) is 0 Å². The standard InChI is InChI=1S/C18H21N3O4S/c1-26(24,25)21-9-14-8-20(11-18(14,12-21)17(22)23)10-15-7-6-13-4-2-3-5-16(13)19-15/h2-7,14H,8-12H2,1H3,(H,22,23)/t14-,18-/m1/s1. The summed E-state index contributed by atoms with van der Waals surface area (Å²) < 4.78 is 25.0. The molecule has 2 aliphatic heterocycles. The molecule has 8 heteroatoms. The number of benzene rings is 1. The van der Waals surface area contributed by atoms with Gasteiger partial charge in [-0.15, -0.1) is 0 Å². The fourth-order valence-corrected chi connectivity index (χ4v) is 5.14. The molecule has 26 heavy (non-hydrogen) atoms. The molecule has 2 aliphatic rings. The second-order valence-corrected chi connectivity index (χ2v) is 9.36. The minimum Gasteiger partial charge on any atom is -0.481 e. The Hall–Kier alpha value is -2.03. The van der Waals surface area contributed by atoms with E-state index in [0.29, 0.717) is 19.6 Å². The van der Waals surface area contributed by atoms with Crippen molar-refractivity contribution < 1.29 is 18.3 Å². The van der Waals surface area contributed by atoms with E-state index in [4.69, 9.17) is 0 Å². The Labute approximate surface area is 152 Å². The second kappa shape index (κ2) is 6.00. The van der Waals surface area contributed by atoms with Crippen LogP contribution in [0.5, 0.6) is 0 Å². The van der Waals surface area contributed by atoms with Crippen LogP contribution in [0.3, 0.4) is 0 Å². The lowest BCUT2D eigenvalue weighted by Crippen LogP contribution is -2.41. The lowest BCUT2D eigenvalue weighted by Gasteiger charge is -2.24. The van der Waals surface area contributed by atoms with Gasteiger partial charge in [0, 0.05) is 44.0 Å². The van der Waals surface area contributed by atoms with Crippen molar-refractivity contribution in [2.45, 2.75) is 6.54 Å².